The van der Waals surface area contributed by atoms with Crippen molar-refractivity contribution in [2.75, 3.05) is 13.7 Å². The summed E-state index contributed by atoms with van der Waals surface area (Å²) in [4.78, 5) is 12.5. The third-order valence-electron chi connectivity index (χ3n) is 4.08. The van der Waals surface area contributed by atoms with Crippen LogP contribution in [0.1, 0.15) is 36.6 Å². The van der Waals surface area contributed by atoms with E-state index in [2.05, 4.69) is 50.4 Å². The van der Waals surface area contributed by atoms with Crippen LogP contribution in [0.25, 0.3) is 0 Å². The van der Waals surface area contributed by atoms with Crippen LogP contribution in [-0.4, -0.2) is 19.6 Å². The van der Waals surface area contributed by atoms with Crippen molar-refractivity contribution in [3.8, 4) is 0 Å². The van der Waals surface area contributed by atoms with E-state index in [-0.39, 0.29) is 11.3 Å². The van der Waals surface area contributed by atoms with Crippen molar-refractivity contribution in [2.45, 2.75) is 32.3 Å². The number of methoxy groups -OCH3 is 1. The van der Waals surface area contributed by atoms with Crippen molar-refractivity contribution in [3.63, 3.8) is 0 Å². The topological polar surface area (TPSA) is 38.3 Å². The number of aryl methyl sites for hydroxylation is 1. The summed E-state index contributed by atoms with van der Waals surface area (Å²) in [6, 6.07) is 17.9. The summed E-state index contributed by atoms with van der Waals surface area (Å²) in [5, 5.41) is 3.03. The van der Waals surface area contributed by atoms with Gasteiger partial charge in [0, 0.05) is 19.1 Å². The first-order valence-corrected chi connectivity index (χ1v) is 7.86. The Morgan fingerprint density at radius 2 is 1.83 bits per heavy atom. The molecule has 23 heavy (non-hydrogen) atoms. The number of benzene rings is 2. The number of hydrogen-bond acceptors (Lipinski definition) is 2. The molecule has 0 saturated heterocycles. The van der Waals surface area contributed by atoms with Crippen LogP contribution in [0.4, 0.5) is 0 Å². The first kappa shape index (κ1) is 17.2. The number of carbonyl (C=O) groups excluding carboxylic acids is 1. The molecule has 2 aromatic rings. The highest BCUT2D eigenvalue weighted by molar-refractivity contribution is 5.82. The average Bonchev–Trinajstić information content (AvgIpc) is 2.55. The minimum absolute atomic E-state index is 0.112. The van der Waals surface area contributed by atoms with Crippen molar-refractivity contribution in [1.82, 2.24) is 5.32 Å². The molecule has 1 N–H and O–H groups in total. The summed E-state index contributed by atoms with van der Waals surface area (Å²) >= 11 is 0. The quantitative estimate of drug-likeness (QED) is 0.882. The highest BCUT2D eigenvalue weighted by Crippen LogP contribution is 2.24. The average molecular weight is 311 g/mol. The molecule has 122 valence electrons. The van der Waals surface area contributed by atoms with Crippen LogP contribution in [0, 0.1) is 6.92 Å². The first-order valence-electron chi connectivity index (χ1n) is 7.86. The molecule has 0 fully saturated rings. The first-order chi connectivity index (χ1) is 10.9. The smallest absolute Gasteiger partial charge is 0.253 e. The summed E-state index contributed by atoms with van der Waals surface area (Å²) in [5.74, 6) is -0.112. The molecule has 0 unspecified atom stereocenters. The van der Waals surface area contributed by atoms with Gasteiger partial charge in [0.25, 0.3) is 5.91 Å². The molecule has 1 atom stereocenters. The summed E-state index contributed by atoms with van der Waals surface area (Å²) < 4.78 is 5.38. The highest BCUT2D eigenvalue weighted by Gasteiger charge is 2.25. The lowest BCUT2D eigenvalue weighted by Crippen LogP contribution is -2.39. The Morgan fingerprint density at radius 1 is 1.13 bits per heavy atom. The SMILES string of the molecule is CO[C@@H](C(=O)NCC(C)(C)c1cccc(C)c1)c1ccccc1. The van der Waals surface area contributed by atoms with Crippen molar-refractivity contribution in [3.05, 3.63) is 71.3 Å². The van der Waals surface area contributed by atoms with E-state index in [0.717, 1.165) is 5.56 Å². The maximum atomic E-state index is 12.5. The predicted octanol–water partition coefficient (Wildman–Crippen LogP) is 3.78. The van der Waals surface area contributed by atoms with Gasteiger partial charge in [-0.25, -0.2) is 0 Å². The zero-order valence-electron chi connectivity index (χ0n) is 14.3. The Bertz CT molecular complexity index is 650. The van der Waals surface area contributed by atoms with E-state index in [1.54, 1.807) is 7.11 Å². The minimum Gasteiger partial charge on any atom is -0.367 e. The molecule has 2 aromatic carbocycles. The lowest BCUT2D eigenvalue weighted by atomic mass is 9.84. The lowest BCUT2D eigenvalue weighted by Gasteiger charge is -2.27. The van der Waals surface area contributed by atoms with Gasteiger partial charge >= 0.3 is 0 Å². The molecule has 0 aliphatic carbocycles. The number of amides is 1. The van der Waals surface area contributed by atoms with Crippen LogP contribution in [-0.2, 0) is 14.9 Å². The van der Waals surface area contributed by atoms with Crippen LogP contribution in [0.2, 0.25) is 0 Å². The lowest BCUT2D eigenvalue weighted by molar-refractivity contribution is -0.131. The molecule has 0 saturated carbocycles. The summed E-state index contributed by atoms with van der Waals surface area (Å²) in [7, 11) is 1.56. The van der Waals surface area contributed by atoms with Gasteiger partial charge in [-0.3, -0.25) is 4.79 Å². The van der Waals surface area contributed by atoms with Crippen LogP contribution in [0.5, 0.6) is 0 Å². The predicted molar refractivity (Wildman–Crippen MR) is 93.4 cm³/mol. The second-order valence-corrected chi connectivity index (χ2v) is 6.50. The molecule has 0 radical (unpaired) electrons. The second kappa shape index (κ2) is 7.42. The molecule has 0 heterocycles. The fourth-order valence-electron chi connectivity index (χ4n) is 2.59. The fourth-order valence-corrected chi connectivity index (χ4v) is 2.59. The van der Waals surface area contributed by atoms with E-state index < -0.39 is 6.10 Å². The van der Waals surface area contributed by atoms with E-state index in [0.29, 0.717) is 6.54 Å². The van der Waals surface area contributed by atoms with Gasteiger partial charge in [0.15, 0.2) is 6.10 Å². The number of ether oxygens (including phenoxy) is 1. The van der Waals surface area contributed by atoms with Crippen LogP contribution in [0.15, 0.2) is 54.6 Å². The van der Waals surface area contributed by atoms with Crippen LogP contribution < -0.4 is 5.32 Å². The maximum Gasteiger partial charge on any atom is 0.253 e. The van der Waals surface area contributed by atoms with Gasteiger partial charge in [-0.2, -0.15) is 0 Å². The molecular formula is C20H25NO2. The summed E-state index contributed by atoms with van der Waals surface area (Å²) in [6.07, 6.45) is -0.579. The van der Waals surface area contributed by atoms with E-state index >= 15 is 0 Å². The van der Waals surface area contributed by atoms with Crippen LogP contribution >= 0.6 is 0 Å². The Hall–Kier alpha value is -2.13. The van der Waals surface area contributed by atoms with Crippen molar-refractivity contribution in [1.29, 1.82) is 0 Å². The van der Waals surface area contributed by atoms with Gasteiger partial charge in [0.1, 0.15) is 0 Å². The van der Waals surface area contributed by atoms with Crippen LogP contribution in [0.3, 0.4) is 0 Å². The number of nitrogens with one attached hydrogen (secondary N) is 1. The standard InChI is InChI=1S/C20H25NO2/c1-15-9-8-12-17(13-15)20(2,3)14-21-19(22)18(23-4)16-10-6-5-7-11-16/h5-13,18H,14H2,1-4H3,(H,21,22)/t18-/m1/s1. The number of rotatable bonds is 6. The largest absolute Gasteiger partial charge is 0.367 e. The monoisotopic (exact) mass is 311 g/mol. The summed E-state index contributed by atoms with van der Waals surface area (Å²) in [6.45, 7) is 6.90. The Labute approximate surface area is 138 Å². The third-order valence-corrected chi connectivity index (χ3v) is 4.08. The summed E-state index contributed by atoms with van der Waals surface area (Å²) in [5.41, 5.74) is 3.16. The number of carbonyl (C=O) groups is 1. The van der Waals surface area contributed by atoms with Gasteiger partial charge in [-0.05, 0) is 18.1 Å². The molecule has 0 aromatic heterocycles. The van der Waals surface area contributed by atoms with E-state index in [1.807, 2.05) is 30.3 Å². The molecule has 3 nitrogen and oxygen atoms in total. The van der Waals surface area contributed by atoms with Crippen molar-refractivity contribution < 1.29 is 9.53 Å². The molecule has 0 spiro atoms. The Balaban J connectivity index is 2.05. The number of hydrogen-bond donors (Lipinski definition) is 1. The zero-order valence-corrected chi connectivity index (χ0v) is 14.3. The Morgan fingerprint density at radius 3 is 2.43 bits per heavy atom. The molecule has 0 aliphatic rings. The maximum absolute atomic E-state index is 12.5. The second-order valence-electron chi connectivity index (χ2n) is 6.50. The van der Waals surface area contributed by atoms with Gasteiger partial charge in [0.05, 0.1) is 0 Å². The van der Waals surface area contributed by atoms with Crippen molar-refractivity contribution >= 4 is 5.91 Å². The highest BCUT2D eigenvalue weighted by atomic mass is 16.5. The molecule has 0 bridgehead atoms. The molecular weight excluding hydrogens is 286 g/mol. The minimum atomic E-state index is -0.579. The van der Waals surface area contributed by atoms with E-state index in [9.17, 15) is 4.79 Å². The third kappa shape index (κ3) is 4.42. The molecule has 0 aliphatic heterocycles. The van der Waals surface area contributed by atoms with E-state index in [4.69, 9.17) is 4.74 Å². The van der Waals surface area contributed by atoms with Gasteiger partial charge in [-0.15, -0.1) is 0 Å². The van der Waals surface area contributed by atoms with Gasteiger partial charge < -0.3 is 10.1 Å². The molecule has 1 amide bonds. The molecule has 2 rings (SSSR count). The van der Waals surface area contributed by atoms with Gasteiger partial charge in [-0.1, -0.05) is 74.0 Å². The van der Waals surface area contributed by atoms with E-state index in [1.165, 1.54) is 11.1 Å². The fraction of sp³-hybridized carbons (Fsp3) is 0.350. The zero-order chi connectivity index (χ0) is 16.9. The normalized spacial score (nSPS) is 12.7. The van der Waals surface area contributed by atoms with Crippen molar-refractivity contribution in [2.24, 2.45) is 0 Å². The molecule has 3 heteroatoms. The van der Waals surface area contributed by atoms with Gasteiger partial charge in [0.2, 0.25) is 0 Å². The Kier molecular flexibility index (Phi) is 5.56.